The number of pyridine rings is 2. The van der Waals surface area contributed by atoms with E-state index in [1.165, 1.54) is 142 Å². The van der Waals surface area contributed by atoms with Gasteiger partial charge in [-0.05, 0) is 238 Å². The number of hydrogen-bond donors (Lipinski definition) is 4. The molecule has 141 heavy (non-hydrogen) atoms. The Morgan fingerprint density at radius 1 is 0.440 bits per heavy atom. The summed E-state index contributed by atoms with van der Waals surface area (Å²) in [6.45, 7) is 16.4. The minimum Gasteiger partial charge on any atom is -0.406 e. The maximum Gasteiger partial charge on any atom is 0.573 e. The molecular formula is C95H90F12N16O10S8. The highest BCUT2D eigenvalue weighted by Crippen LogP contribution is 2.46. The lowest BCUT2D eigenvalue weighted by Gasteiger charge is -2.24. The average molecular weight is 2100 g/mol. The van der Waals surface area contributed by atoms with Crippen molar-refractivity contribution in [2.45, 2.75) is 156 Å². The van der Waals surface area contributed by atoms with Crippen LogP contribution in [0.2, 0.25) is 0 Å². The van der Waals surface area contributed by atoms with Gasteiger partial charge in [-0.1, -0.05) is 105 Å². The zero-order valence-electron chi connectivity index (χ0n) is 75.6. The lowest BCUT2D eigenvalue weighted by Crippen LogP contribution is -2.32. The number of amidine groups is 2. The molecule has 15 aromatic rings. The normalized spacial score (nSPS) is 13.1. The van der Waals surface area contributed by atoms with E-state index in [1.54, 1.807) is 42.7 Å². The van der Waals surface area contributed by atoms with Crippen molar-refractivity contribution in [1.29, 1.82) is 0 Å². The number of H-pyrrole nitrogens is 1. The summed E-state index contributed by atoms with van der Waals surface area (Å²) in [5.74, 6) is 1.41. The van der Waals surface area contributed by atoms with E-state index in [0.717, 1.165) is 86.8 Å². The Kier molecular flexibility index (Phi) is 32.1. The first-order valence-corrected chi connectivity index (χ1v) is 52.5. The monoisotopic (exact) mass is 2100 g/mol. The smallest absolute Gasteiger partial charge is 0.406 e. The lowest BCUT2D eigenvalue weighted by atomic mass is 10.2. The van der Waals surface area contributed by atoms with Crippen LogP contribution in [-0.2, 0) is 57.9 Å². The zero-order chi connectivity index (χ0) is 101. The third kappa shape index (κ3) is 25.5. The average Bonchev–Trinajstić information content (AvgIpc) is 1.66. The number of ether oxygens (including phenoxy) is 1. The molecule has 742 valence electrons. The molecule has 46 heteroatoms. The molecule has 7 aromatic carbocycles. The molecule has 4 N–H and O–H groups in total. The second kappa shape index (κ2) is 43.6. The van der Waals surface area contributed by atoms with Crippen molar-refractivity contribution in [2.24, 2.45) is 9.98 Å². The van der Waals surface area contributed by atoms with Crippen LogP contribution in [0.15, 0.2) is 280 Å². The van der Waals surface area contributed by atoms with Crippen molar-refractivity contribution < 1.29 is 95.9 Å². The van der Waals surface area contributed by atoms with Crippen LogP contribution in [0, 0.1) is 27.7 Å². The van der Waals surface area contributed by atoms with Crippen molar-refractivity contribution in [3.63, 3.8) is 0 Å². The summed E-state index contributed by atoms with van der Waals surface area (Å²) < 4.78 is 276. The molecule has 10 heterocycles. The number of aromatic nitrogens is 7. The third-order valence-electron chi connectivity index (χ3n) is 22.1. The molecule has 0 amide bonds. The fourth-order valence-electron chi connectivity index (χ4n) is 15.1. The van der Waals surface area contributed by atoms with Gasteiger partial charge in [0.1, 0.15) is 59.1 Å². The first-order valence-electron chi connectivity index (χ1n) is 43.4. The number of imidazole rings is 1. The largest absolute Gasteiger partial charge is 0.573 e. The van der Waals surface area contributed by atoms with Gasteiger partial charge < -0.3 is 14.1 Å². The van der Waals surface area contributed by atoms with Crippen molar-refractivity contribution in [3.8, 4) is 23.0 Å². The predicted molar refractivity (Wildman–Crippen MR) is 526 cm³/mol. The molecule has 0 unspecified atom stereocenters. The summed E-state index contributed by atoms with van der Waals surface area (Å²) in [4.78, 5) is 29.9. The van der Waals surface area contributed by atoms with Crippen molar-refractivity contribution in [3.05, 3.63) is 295 Å². The highest BCUT2D eigenvalue weighted by Gasteiger charge is 2.38. The van der Waals surface area contributed by atoms with Gasteiger partial charge in [0.25, 0.3) is 40.1 Å². The number of benzene rings is 7. The van der Waals surface area contributed by atoms with E-state index in [9.17, 15) is 86.4 Å². The number of anilines is 4. The molecular weight excluding hydrogens is 2010 g/mol. The standard InChI is InChI=1S/C29H26F3N3O3S2.C23H23F3N4O2S2.C22H21F3N4O3S2.C21H20F3N5O2S2/c1-3-6-22-18-34(19-33-22)23-11-15-25(16-12-23)40(36,37)35(28-20(2)26-7-4-5-8-27(26)39-28)17-21-9-13-24(14-10-21)38-29(30,31)32;1-15-19-7-3-4-8-20(19)33-22(15)30(14-6-5-13-23(24,25)26)34(31,32)18-11-9-17(10-12-18)21-27-16(2)28-29-21;1-14-17-7-3-4-8-19(17)33-21(14)29(12-6-5-11-22(23,24)25)34(30,31)16-9-10-18(26-13-16)20-27-15(2)32-28-20;1-14-16-6-2-3-7-18(16)32-20(14)29(11-5-4-10-21(22,23)24)33(30,31)15-8-9-17(25-12-15)19-26-13-27-28-19/h4-5,7-16,18-19H,3,6,17H2,1-2H3;3-4,7-12,28H,2,5-6,13-14H2,1H3,(H,27,29);3-4,7-10,13H,2,5-6,11-12H2,1H3,(H,27,28);2-3,6-9,12-13H,4-5,10-11H2,1H3,(H,26,27,28). The molecule has 17 rings (SSSR count). The van der Waals surface area contributed by atoms with Gasteiger partial charge in [-0.25, -0.2) is 48.6 Å². The second-order valence-electron chi connectivity index (χ2n) is 32.1. The van der Waals surface area contributed by atoms with E-state index in [1.807, 2.05) is 136 Å². The number of alkyl halides is 12. The van der Waals surface area contributed by atoms with Gasteiger partial charge in [-0.15, -0.1) is 58.5 Å². The first kappa shape index (κ1) is 104. The van der Waals surface area contributed by atoms with Gasteiger partial charge in [0.2, 0.25) is 5.88 Å². The molecule has 0 radical (unpaired) electrons. The van der Waals surface area contributed by atoms with E-state index in [-0.39, 0.29) is 95.9 Å². The summed E-state index contributed by atoms with van der Waals surface area (Å²) in [5, 5.41) is 12.1. The Hall–Kier alpha value is -13.0. The Morgan fingerprint density at radius 2 is 0.844 bits per heavy atom. The van der Waals surface area contributed by atoms with Gasteiger partial charge in [0.05, 0.1) is 28.4 Å². The number of thiophene rings is 4. The second-order valence-corrected chi connectivity index (χ2v) is 43.7. The van der Waals surface area contributed by atoms with E-state index in [4.69, 9.17) is 4.84 Å². The van der Waals surface area contributed by atoms with Crippen LogP contribution in [0.5, 0.6) is 5.75 Å². The number of hydrogen-bond acceptors (Lipinski definition) is 24. The fourth-order valence-corrected chi connectivity index (χ4v) is 26.9. The number of unbranched alkanes of at least 4 members (excludes halogenated alkanes) is 3. The predicted octanol–water partition coefficient (Wildman–Crippen LogP) is 23.7. The number of hydrazine groups is 1. The van der Waals surface area contributed by atoms with E-state index in [2.05, 4.69) is 81.3 Å². The number of sulfonamides is 4. The zero-order valence-corrected chi connectivity index (χ0v) is 82.2. The van der Waals surface area contributed by atoms with Crippen LogP contribution in [-0.4, -0.2) is 125 Å². The summed E-state index contributed by atoms with van der Waals surface area (Å²) in [7, 11) is -16.3. The van der Waals surface area contributed by atoms with Gasteiger partial charge in [0, 0.05) is 87.5 Å². The Bertz CT molecular complexity index is 7320. The van der Waals surface area contributed by atoms with Crippen molar-refractivity contribution >= 4 is 157 Å². The highest BCUT2D eigenvalue weighted by atomic mass is 32.2. The molecule has 0 fully saturated rings. The molecule has 0 saturated carbocycles. The molecule has 2 aliphatic rings. The maximum absolute atomic E-state index is 14.1. The summed E-state index contributed by atoms with van der Waals surface area (Å²) >= 11 is 5.26. The van der Waals surface area contributed by atoms with Crippen LogP contribution in [0.3, 0.4) is 0 Å². The van der Waals surface area contributed by atoms with Gasteiger partial charge in [-0.3, -0.25) is 43.1 Å². The van der Waals surface area contributed by atoms with Gasteiger partial charge in [-0.2, -0.15) is 55.1 Å². The molecule has 0 saturated heterocycles. The van der Waals surface area contributed by atoms with Crippen LogP contribution >= 0.6 is 45.3 Å². The summed E-state index contributed by atoms with van der Waals surface area (Å²) in [6.07, 6.45) is -11.6. The SMILES string of the molecule is C=C1N=C(c2ccc(S(=O)(=O)N(CCCCC(F)(F)F)c3sc4ccccc4c3C)cc2)NN1.C=C1N=C(c2ccc(S(=O)(=O)N(CCCCC(F)(F)F)c3sc4ccccc4c3C)cn2)NO1.CCCc1cn(-c2ccc(S(=O)(=O)N(Cc3ccc(OC(F)(F)F)cc3)c3sc4ccccc4c3C)cc2)cn1.Cc1c(N(CCCCC(F)(F)F)S(=O)(=O)c2ccc(-c3ncn[nH]3)nc2)sc2ccccc12. The molecule has 0 aliphatic carbocycles. The molecule has 0 spiro atoms. The van der Waals surface area contributed by atoms with E-state index < -0.39 is 84.2 Å². The molecule has 26 nitrogen and oxygen atoms in total. The number of halogens is 12. The topological polar surface area (TPSA) is 314 Å². The molecule has 2 aliphatic heterocycles. The summed E-state index contributed by atoms with van der Waals surface area (Å²) in [6, 6.07) is 53.9. The van der Waals surface area contributed by atoms with Crippen molar-refractivity contribution in [1.82, 2.24) is 51.0 Å². The third-order valence-corrected chi connectivity index (χ3v) is 34.9. The van der Waals surface area contributed by atoms with Gasteiger partial charge >= 0.3 is 24.9 Å². The number of fused-ring (bicyclic) bond motifs is 4. The van der Waals surface area contributed by atoms with Crippen LogP contribution < -0.4 is 38.3 Å². The number of aryl methyl sites for hydroxylation is 5. The summed E-state index contributed by atoms with van der Waals surface area (Å²) in [5.41, 5.74) is 14.9. The Balaban J connectivity index is 0.000000150. The highest BCUT2D eigenvalue weighted by molar-refractivity contribution is 7.94. The van der Waals surface area contributed by atoms with Crippen LogP contribution in [0.25, 0.3) is 57.6 Å². The lowest BCUT2D eigenvalue weighted by molar-refractivity contribution is -0.274. The minimum atomic E-state index is -4.81. The molecule has 8 aromatic heterocycles. The quantitative estimate of drug-likeness (QED) is 0.0219. The fraction of sp³-hybridized carbons (Fsp3) is 0.253. The number of hydroxylamine groups is 1. The number of rotatable bonds is 33. The van der Waals surface area contributed by atoms with Crippen LogP contribution in [0.4, 0.5) is 72.7 Å². The minimum absolute atomic E-state index is 0.0498. The first-order chi connectivity index (χ1) is 66.8. The van der Waals surface area contributed by atoms with Gasteiger partial charge in [0.15, 0.2) is 17.5 Å². The van der Waals surface area contributed by atoms with E-state index >= 15 is 0 Å². The van der Waals surface area contributed by atoms with E-state index in [0.29, 0.717) is 65.8 Å². The molecule has 0 bridgehead atoms. The maximum atomic E-state index is 14.1. The number of aliphatic imine (C=N–C) groups is 2. The van der Waals surface area contributed by atoms with Crippen molar-refractivity contribution in [2.75, 3.05) is 36.9 Å². The number of nitrogens with zero attached hydrogens (tertiary/aromatic N) is 12. The number of nitrogens with one attached hydrogen (secondary N) is 4. The molecule has 0 atom stereocenters. The number of aromatic amines is 1. The Labute approximate surface area is 819 Å². The Morgan fingerprint density at radius 3 is 1.21 bits per heavy atom. The van der Waals surface area contributed by atoms with Crippen LogP contribution in [0.1, 0.15) is 116 Å².